The van der Waals surface area contributed by atoms with Gasteiger partial charge in [0.15, 0.2) is 0 Å². The van der Waals surface area contributed by atoms with Gasteiger partial charge in [-0.1, -0.05) is 72.6 Å². The van der Waals surface area contributed by atoms with Crippen molar-refractivity contribution in [2.24, 2.45) is 11.8 Å². The van der Waals surface area contributed by atoms with E-state index < -0.39 is 0 Å². The van der Waals surface area contributed by atoms with Crippen LogP contribution in [0.3, 0.4) is 0 Å². The average molecular weight is 270 g/mol. The van der Waals surface area contributed by atoms with Gasteiger partial charge in [0.2, 0.25) is 0 Å². The van der Waals surface area contributed by atoms with Gasteiger partial charge in [-0.3, -0.25) is 0 Å². The highest BCUT2D eigenvalue weighted by Gasteiger charge is 2.09. The highest BCUT2D eigenvalue weighted by Crippen LogP contribution is 2.16. The Morgan fingerprint density at radius 2 is 1.26 bits per heavy atom. The first-order valence-electron chi connectivity index (χ1n) is 8.99. The van der Waals surface area contributed by atoms with Crippen LogP contribution in [-0.2, 0) is 0 Å². The summed E-state index contributed by atoms with van der Waals surface area (Å²) in [5.41, 5.74) is 0. The Morgan fingerprint density at radius 1 is 0.632 bits per heavy atom. The van der Waals surface area contributed by atoms with Gasteiger partial charge in [-0.25, -0.2) is 0 Å². The molecule has 0 rings (SSSR count). The van der Waals surface area contributed by atoms with E-state index in [9.17, 15) is 0 Å². The molecule has 2 unspecified atom stereocenters. The molecule has 0 saturated carbocycles. The zero-order valence-electron chi connectivity index (χ0n) is 14.1. The Kier molecular flexibility index (Phi) is 14.3. The van der Waals surface area contributed by atoms with E-state index in [2.05, 4.69) is 33.0 Å². The van der Waals surface area contributed by atoms with Crippen molar-refractivity contribution in [3.05, 3.63) is 0 Å². The standard InChI is InChI=1S/C18H39N/c1-5-9-11-14-18(12-7-3)16-19-15-17(8-4)13-10-6-2/h17-19H,5-16H2,1-4H3. The second-order valence-corrected chi connectivity index (χ2v) is 6.23. The summed E-state index contributed by atoms with van der Waals surface area (Å²) in [6.45, 7) is 11.7. The van der Waals surface area contributed by atoms with Crippen molar-refractivity contribution in [2.45, 2.75) is 91.9 Å². The lowest BCUT2D eigenvalue weighted by atomic mass is 9.95. The fraction of sp³-hybridized carbons (Fsp3) is 1.00. The molecule has 0 aromatic carbocycles. The molecule has 0 aliphatic carbocycles. The van der Waals surface area contributed by atoms with Crippen LogP contribution in [0.25, 0.3) is 0 Å². The molecule has 0 fully saturated rings. The van der Waals surface area contributed by atoms with Crippen LogP contribution in [-0.4, -0.2) is 13.1 Å². The molecule has 0 saturated heterocycles. The van der Waals surface area contributed by atoms with E-state index >= 15 is 0 Å². The van der Waals surface area contributed by atoms with Crippen molar-refractivity contribution in [2.75, 3.05) is 13.1 Å². The zero-order chi connectivity index (χ0) is 14.3. The van der Waals surface area contributed by atoms with Crippen LogP contribution in [0.4, 0.5) is 0 Å². The molecule has 0 aliphatic rings. The molecule has 1 N–H and O–H groups in total. The van der Waals surface area contributed by atoms with Crippen LogP contribution < -0.4 is 5.32 Å². The summed E-state index contributed by atoms with van der Waals surface area (Å²) in [4.78, 5) is 0. The van der Waals surface area contributed by atoms with Crippen molar-refractivity contribution in [1.29, 1.82) is 0 Å². The van der Waals surface area contributed by atoms with Crippen LogP contribution >= 0.6 is 0 Å². The normalized spacial score (nSPS) is 14.5. The number of hydrogen-bond acceptors (Lipinski definition) is 1. The van der Waals surface area contributed by atoms with E-state index in [4.69, 9.17) is 0 Å². The smallest absolute Gasteiger partial charge is 0.00204 e. The summed E-state index contributed by atoms with van der Waals surface area (Å²) < 4.78 is 0. The summed E-state index contributed by atoms with van der Waals surface area (Å²) >= 11 is 0. The maximum atomic E-state index is 3.76. The van der Waals surface area contributed by atoms with Crippen LogP contribution in [0.15, 0.2) is 0 Å². The van der Waals surface area contributed by atoms with Gasteiger partial charge in [0.05, 0.1) is 0 Å². The molecule has 0 aliphatic heterocycles. The summed E-state index contributed by atoms with van der Waals surface area (Å²) in [6.07, 6.45) is 13.8. The molecule has 116 valence electrons. The van der Waals surface area contributed by atoms with Crippen molar-refractivity contribution in [3.63, 3.8) is 0 Å². The summed E-state index contributed by atoms with van der Waals surface area (Å²) in [7, 11) is 0. The first-order chi connectivity index (χ1) is 9.28. The molecule has 0 radical (unpaired) electrons. The predicted molar refractivity (Wildman–Crippen MR) is 88.7 cm³/mol. The molecule has 2 atom stereocenters. The van der Waals surface area contributed by atoms with Gasteiger partial charge in [-0.2, -0.15) is 0 Å². The van der Waals surface area contributed by atoms with Gasteiger partial charge >= 0.3 is 0 Å². The Bertz CT molecular complexity index is 167. The minimum atomic E-state index is 0.901. The van der Waals surface area contributed by atoms with Gasteiger partial charge in [-0.05, 0) is 44.2 Å². The van der Waals surface area contributed by atoms with Crippen LogP contribution in [0.2, 0.25) is 0 Å². The maximum Gasteiger partial charge on any atom is -0.00204 e. The number of rotatable bonds is 14. The summed E-state index contributed by atoms with van der Waals surface area (Å²) in [5, 5.41) is 3.76. The van der Waals surface area contributed by atoms with Gasteiger partial charge in [0, 0.05) is 0 Å². The van der Waals surface area contributed by atoms with Crippen LogP contribution in [0, 0.1) is 11.8 Å². The van der Waals surface area contributed by atoms with Crippen LogP contribution in [0.5, 0.6) is 0 Å². The van der Waals surface area contributed by atoms with Gasteiger partial charge in [0.1, 0.15) is 0 Å². The Labute approximate surface area is 122 Å². The maximum absolute atomic E-state index is 3.76. The van der Waals surface area contributed by atoms with Crippen molar-refractivity contribution < 1.29 is 0 Å². The van der Waals surface area contributed by atoms with Crippen molar-refractivity contribution in [1.82, 2.24) is 5.32 Å². The Hall–Kier alpha value is -0.0400. The molecule has 1 heteroatoms. The summed E-state index contributed by atoms with van der Waals surface area (Å²) in [5.74, 6) is 1.82. The average Bonchev–Trinajstić information content (AvgIpc) is 2.42. The minimum absolute atomic E-state index is 0.901. The molecule has 0 bridgehead atoms. The van der Waals surface area contributed by atoms with E-state index in [0.29, 0.717) is 0 Å². The third-order valence-corrected chi connectivity index (χ3v) is 4.32. The third kappa shape index (κ3) is 11.5. The van der Waals surface area contributed by atoms with Gasteiger partial charge in [0.25, 0.3) is 0 Å². The number of nitrogens with one attached hydrogen (secondary N) is 1. The van der Waals surface area contributed by atoms with E-state index in [1.807, 2.05) is 0 Å². The molecular weight excluding hydrogens is 230 g/mol. The SMILES string of the molecule is CCCCCC(CCC)CNCC(CC)CCCC. The van der Waals surface area contributed by atoms with E-state index in [1.54, 1.807) is 0 Å². The fourth-order valence-corrected chi connectivity index (χ4v) is 2.87. The second-order valence-electron chi connectivity index (χ2n) is 6.23. The lowest BCUT2D eigenvalue weighted by Gasteiger charge is -2.20. The minimum Gasteiger partial charge on any atom is -0.316 e. The van der Waals surface area contributed by atoms with Crippen molar-refractivity contribution in [3.8, 4) is 0 Å². The highest BCUT2D eigenvalue weighted by atomic mass is 14.9. The van der Waals surface area contributed by atoms with E-state index in [1.165, 1.54) is 77.3 Å². The molecule has 0 heterocycles. The largest absolute Gasteiger partial charge is 0.316 e. The molecule has 0 aromatic rings. The van der Waals surface area contributed by atoms with Crippen molar-refractivity contribution >= 4 is 0 Å². The van der Waals surface area contributed by atoms with E-state index in [-0.39, 0.29) is 0 Å². The number of hydrogen-bond donors (Lipinski definition) is 1. The first kappa shape index (κ1) is 19.0. The topological polar surface area (TPSA) is 12.0 Å². The zero-order valence-corrected chi connectivity index (χ0v) is 14.1. The van der Waals surface area contributed by atoms with Gasteiger partial charge < -0.3 is 5.32 Å². The second kappa shape index (κ2) is 14.4. The van der Waals surface area contributed by atoms with E-state index in [0.717, 1.165) is 11.8 Å². The molecule has 0 spiro atoms. The monoisotopic (exact) mass is 269 g/mol. The fourth-order valence-electron chi connectivity index (χ4n) is 2.87. The van der Waals surface area contributed by atoms with Gasteiger partial charge in [-0.15, -0.1) is 0 Å². The molecule has 0 aromatic heterocycles. The first-order valence-corrected chi connectivity index (χ1v) is 8.99. The quantitative estimate of drug-likeness (QED) is 0.394. The number of unbranched alkanes of at least 4 members (excludes halogenated alkanes) is 3. The summed E-state index contributed by atoms with van der Waals surface area (Å²) in [6, 6.07) is 0. The Balaban J connectivity index is 3.75. The highest BCUT2D eigenvalue weighted by molar-refractivity contribution is 4.66. The predicted octanol–water partition coefficient (Wildman–Crippen LogP) is 5.79. The third-order valence-electron chi connectivity index (χ3n) is 4.32. The molecule has 19 heavy (non-hydrogen) atoms. The molecule has 1 nitrogen and oxygen atoms in total. The molecular formula is C18H39N. The van der Waals surface area contributed by atoms with Crippen LogP contribution in [0.1, 0.15) is 91.9 Å². The lowest BCUT2D eigenvalue weighted by Crippen LogP contribution is -2.28. The lowest BCUT2D eigenvalue weighted by molar-refractivity contribution is 0.361. The Morgan fingerprint density at radius 3 is 1.84 bits per heavy atom. The molecule has 0 amide bonds.